The summed E-state index contributed by atoms with van der Waals surface area (Å²) >= 11 is 0. The van der Waals surface area contributed by atoms with E-state index in [2.05, 4.69) is 97.0 Å². The number of allylic oxidation sites excluding steroid dienone is 1. The number of nitrogens with zero attached hydrogens (tertiary/aromatic N) is 1. The minimum absolute atomic E-state index is 0.184. The second-order valence-electron chi connectivity index (χ2n) is 9.92. The first-order valence-corrected chi connectivity index (χ1v) is 9.58. The van der Waals surface area contributed by atoms with Gasteiger partial charge in [0.2, 0.25) is 0 Å². The van der Waals surface area contributed by atoms with Gasteiger partial charge in [0.1, 0.15) is 0 Å². The van der Waals surface area contributed by atoms with Crippen LogP contribution < -0.4 is 4.90 Å². The summed E-state index contributed by atoms with van der Waals surface area (Å²) in [5, 5.41) is 0. The Labute approximate surface area is 155 Å². The summed E-state index contributed by atoms with van der Waals surface area (Å²) in [4.78, 5) is 2.13. The van der Waals surface area contributed by atoms with Gasteiger partial charge in [-0.1, -0.05) is 65.8 Å². The van der Waals surface area contributed by atoms with Crippen LogP contribution in [0.4, 0.5) is 5.69 Å². The van der Waals surface area contributed by atoms with Crippen LogP contribution in [0.15, 0.2) is 30.3 Å². The first-order chi connectivity index (χ1) is 11.5. The molecule has 2 heteroatoms. The summed E-state index contributed by atoms with van der Waals surface area (Å²) in [7, 11) is 4.15. The molecule has 0 bridgehead atoms. The summed E-state index contributed by atoms with van der Waals surface area (Å²) in [5.74, 6) is 0.579. The quantitative estimate of drug-likeness (QED) is 0.665. The van der Waals surface area contributed by atoms with E-state index in [0.717, 1.165) is 12.8 Å². The Morgan fingerprint density at radius 2 is 1.36 bits per heavy atom. The molecule has 140 valence electrons. The summed E-state index contributed by atoms with van der Waals surface area (Å²) < 4.78 is 6.50. The molecule has 2 unspecified atom stereocenters. The molecule has 0 spiro atoms. The molecule has 0 amide bonds. The molecule has 2 atom stereocenters. The molecule has 0 aliphatic carbocycles. The van der Waals surface area contributed by atoms with Gasteiger partial charge in [0, 0.05) is 19.8 Å². The van der Waals surface area contributed by atoms with Crippen molar-refractivity contribution in [1.29, 1.82) is 0 Å². The standard InChI is InChI=1S/C23H37NO/c1-22(2,3)20-15-18(16-21(25-20)23(4,5)6)10-9-17-11-13-19(14-12-17)24(7)8/h9-14,18,20-21H,15-16H2,1-8H3. The number of rotatable bonds is 3. The van der Waals surface area contributed by atoms with E-state index in [0.29, 0.717) is 18.1 Å². The van der Waals surface area contributed by atoms with E-state index in [4.69, 9.17) is 4.74 Å². The molecule has 1 heterocycles. The monoisotopic (exact) mass is 343 g/mol. The van der Waals surface area contributed by atoms with Crippen molar-refractivity contribution in [3.63, 3.8) is 0 Å². The van der Waals surface area contributed by atoms with E-state index in [1.54, 1.807) is 0 Å². The molecule has 1 fully saturated rings. The zero-order chi connectivity index (χ0) is 18.8. The lowest BCUT2D eigenvalue weighted by Crippen LogP contribution is -2.44. The fourth-order valence-electron chi connectivity index (χ4n) is 3.36. The van der Waals surface area contributed by atoms with Gasteiger partial charge in [0.25, 0.3) is 0 Å². The van der Waals surface area contributed by atoms with E-state index >= 15 is 0 Å². The number of ether oxygens (including phenoxy) is 1. The van der Waals surface area contributed by atoms with E-state index < -0.39 is 0 Å². The minimum Gasteiger partial charge on any atom is -0.378 e. The second-order valence-corrected chi connectivity index (χ2v) is 9.92. The molecular formula is C23H37NO. The SMILES string of the molecule is CN(C)c1ccc(C=CC2CC(C(C)(C)C)OC(C(C)(C)C)C2)cc1. The Balaban J connectivity index is 2.13. The van der Waals surface area contributed by atoms with Crippen LogP contribution in [0.1, 0.15) is 59.9 Å². The third-order valence-electron chi connectivity index (χ3n) is 5.26. The summed E-state index contributed by atoms with van der Waals surface area (Å²) in [6.45, 7) is 13.8. The van der Waals surface area contributed by atoms with Gasteiger partial charge in [-0.25, -0.2) is 0 Å². The Morgan fingerprint density at radius 3 is 1.76 bits per heavy atom. The zero-order valence-corrected chi connectivity index (χ0v) is 17.5. The molecular weight excluding hydrogens is 306 g/mol. The van der Waals surface area contributed by atoms with Gasteiger partial charge in [-0.15, -0.1) is 0 Å². The Morgan fingerprint density at radius 1 is 0.880 bits per heavy atom. The van der Waals surface area contributed by atoms with Crippen molar-refractivity contribution in [2.45, 2.75) is 66.6 Å². The van der Waals surface area contributed by atoms with Crippen molar-refractivity contribution in [1.82, 2.24) is 0 Å². The maximum absolute atomic E-state index is 6.50. The van der Waals surface area contributed by atoms with Crippen LogP contribution in [0.2, 0.25) is 0 Å². The Hall–Kier alpha value is -1.28. The van der Waals surface area contributed by atoms with Gasteiger partial charge >= 0.3 is 0 Å². The molecule has 1 aliphatic heterocycles. The average Bonchev–Trinajstić information content (AvgIpc) is 2.51. The van der Waals surface area contributed by atoms with Crippen molar-refractivity contribution in [3.05, 3.63) is 35.9 Å². The molecule has 2 nitrogen and oxygen atoms in total. The Bertz CT molecular complexity index is 550. The predicted molar refractivity (Wildman–Crippen MR) is 110 cm³/mol. The third kappa shape index (κ3) is 5.60. The maximum atomic E-state index is 6.50. The van der Waals surface area contributed by atoms with E-state index in [1.165, 1.54) is 11.3 Å². The van der Waals surface area contributed by atoms with Gasteiger partial charge in [0.05, 0.1) is 12.2 Å². The van der Waals surface area contributed by atoms with Crippen molar-refractivity contribution >= 4 is 11.8 Å². The molecule has 1 aromatic carbocycles. The first-order valence-electron chi connectivity index (χ1n) is 9.58. The fourth-order valence-corrected chi connectivity index (χ4v) is 3.36. The van der Waals surface area contributed by atoms with Gasteiger partial charge in [-0.2, -0.15) is 0 Å². The van der Waals surface area contributed by atoms with Crippen molar-refractivity contribution in [2.75, 3.05) is 19.0 Å². The highest BCUT2D eigenvalue weighted by Gasteiger charge is 2.39. The summed E-state index contributed by atoms with van der Waals surface area (Å²) in [6, 6.07) is 8.76. The molecule has 25 heavy (non-hydrogen) atoms. The highest BCUT2D eigenvalue weighted by molar-refractivity contribution is 5.55. The molecule has 1 aromatic rings. The topological polar surface area (TPSA) is 12.5 Å². The molecule has 1 aliphatic rings. The van der Waals surface area contributed by atoms with Crippen LogP contribution in [0.25, 0.3) is 6.08 Å². The molecule has 2 rings (SSSR count). The molecule has 0 N–H and O–H groups in total. The number of anilines is 1. The van der Waals surface area contributed by atoms with Crippen LogP contribution in [-0.4, -0.2) is 26.3 Å². The van der Waals surface area contributed by atoms with Crippen LogP contribution in [0.5, 0.6) is 0 Å². The van der Waals surface area contributed by atoms with E-state index in [1.807, 2.05) is 0 Å². The average molecular weight is 344 g/mol. The molecule has 0 radical (unpaired) electrons. The lowest BCUT2D eigenvalue weighted by Gasteiger charge is -2.45. The number of benzene rings is 1. The van der Waals surface area contributed by atoms with Crippen molar-refractivity contribution in [2.24, 2.45) is 16.7 Å². The fraction of sp³-hybridized carbons (Fsp3) is 0.652. The lowest BCUT2D eigenvalue weighted by atomic mass is 9.75. The van der Waals surface area contributed by atoms with Crippen LogP contribution in [0, 0.1) is 16.7 Å². The largest absolute Gasteiger partial charge is 0.378 e. The van der Waals surface area contributed by atoms with Gasteiger partial charge in [-0.05, 0) is 47.3 Å². The lowest BCUT2D eigenvalue weighted by molar-refractivity contribution is -0.145. The van der Waals surface area contributed by atoms with Crippen LogP contribution in [0.3, 0.4) is 0 Å². The zero-order valence-electron chi connectivity index (χ0n) is 17.5. The van der Waals surface area contributed by atoms with Crippen molar-refractivity contribution < 1.29 is 4.74 Å². The molecule has 0 aromatic heterocycles. The van der Waals surface area contributed by atoms with Crippen molar-refractivity contribution in [3.8, 4) is 0 Å². The maximum Gasteiger partial charge on any atom is 0.0633 e. The molecule has 1 saturated heterocycles. The third-order valence-corrected chi connectivity index (χ3v) is 5.26. The second kappa shape index (κ2) is 7.53. The van der Waals surface area contributed by atoms with E-state index in [-0.39, 0.29) is 10.8 Å². The van der Waals surface area contributed by atoms with Gasteiger partial charge < -0.3 is 9.64 Å². The minimum atomic E-state index is 0.184. The number of hydrogen-bond acceptors (Lipinski definition) is 2. The normalized spacial score (nSPS) is 25.4. The van der Waals surface area contributed by atoms with Crippen LogP contribution in [-0.2, 0) is 4.74 Å². The molecule has 0 saturated carbocycles. The van der Waals surface area contributed by atoms with E-state index in [9.17, 15) is 0 Å². The summed E-state index contributed by atoms with van der Waals surface area (Å²) in [5.41, 5.74) is 2.88. The highest BCUT2D eigenvalue weighted by Crippen LogP contribution is 2.41. The summed E-state index contributed by atoms with van der Waals surface area (Å²) in [6.07, 6.45) is 7.55. The smallest absolute Gasteiger partial charge is 0.0633 e. The Kier molecular flexibility index (Phi) is 6.04. The van der Waals surface area contributed by atoms with Gasteiger partial charge in [0.15, 0.2) is 0 Å². The number of hydrogen-bond donors (Lipinski definition) is 0. The van der Waals surface area contributed by atoms with Gasteiger partial charge in [-0.3, -0.25) is 0 Å². The highest BCUT2D eigenvalue weighted by atomic mass is 16.5. The van der Waals surface area contributed by atoms with Crippen LogP contribution >= 0.6 is 0 Å². The first kappa shape index (κ1) is 20.0. The predicted octanol–water partition coefficient (Wildman–Crippen LogP) is 6.02.